The Hall–Kier alpha value is -1.50. The van der Waals surface area contributed by atoms with E-state index in [-0.39, 0.29) is 6.03 Å². The van der Waals surface area contributed by atoms with Gasteiger partial charge in [-0.1, -0.05) is 12.1 Å². The fourth-order valence-corrected chi connectivity index (χ4v) is 1.83. The standard InChI is InChI=1S/C12H11IN2O2/c13-10-5-1-2-6-11(10)15-12(16)14-8-9-4-3-7-17-9/h1-7H,8H2,(H2,14,15,16). The molecule has 4 nitrogen and oxygen atoms in total. The smallest absolute Gasteiger partial charge is 0.319 e. The minimum absolute atomic E-state index is 0.245. The Morgan fingerprint density at radius 2 is 2.06 bits per heavy atom. The second kappa shape index (κ2) is 5.72. The maximum Gasteiger partial charge on any atom is 0.319 e. The number of halogens is 1. The number of para-hydroxylation sites is 1. The number of rotatable bonds is 3. The van der Waals surface area contributed by atoms with Crippen LogP contribution in [-0.2, 0) is 6.54 Å². The van der Waals surface area contributed by atoms with Gasteiger partial charge in [0.15, 0.2) is 0 Å². The molecule has 2 rings (SSSR count). The molecule has 2 aromatic rings. The first-order valence-corrected chi connectivity index (χ1v) is 6.15. The molecule has 0 saturated carbocycles. The van der Waals surface area contributed by atoms with Gasteiger partial charge in [-0.05, 0) is 46.9 Å². The molecule has 0 aliphatic heterocycles. The molecular weight excluding hydrogens is 331 g/mol. The Labute approximate surface area is 113 Å². The Balaban J connectivity index is 1.87. The molecule has 0 radical (unpaired) electrons. The number of nitrogens with one attached hydrogen (secondary N) is 2. The summed E-state index contributed by atoms with van der Waals surface area (Å²) in [6.07, 6.45) is 1.58. The molecule has 5 heteroatoms. The minimum atomic E-state index is -0.245. The van der Waals surface area contributed by atoms with Crippen LogP contribution >= 0.6 is 22.6 Å². The second-order valence-corrected chi connectivity index (χ2v) is 4.53. The fraction of sp³-hybridized carbons (Fsp3) is 0.0833. The van der Waals surface area contributed by atoms with Gasteiger partial charge in [0, 0.05) is 3.57 Å². The first kappa shape index (κ1) is 12.0. The summed E-state index contributed by atoms with van der Waals surface area (Å²) in [5.41, 5.74) is 0.796. The quantitative estimate of drug-likeness (QED) is 0.842. The van der Waals surface area contributed by atoms with Gasteiger partial charge in [-0.25, -0.2) is 4.79 Å². The largest absolute Gasteiger partial charge is 0.467 e. The van der Waals surface area contributed by atoms with Gasteiger partial charge in [-0.3, -0.25) is 0 Å². The third kappa shape index (κ3) is 3.48. The van der Waals surface area contributed by atoms with Crippen LogP contribution in [0.15, 0.2) is 47.1 Å². The van der Waals surface area contributed by atoms with Crippen LogP contribution in [0.4, 0.5) is 10.5 Å². The van der Waals surface area contributed by atoms with E-state index >= 15 is 0 Å². The van der Waals surface area contributed by atoms with Gasteiger partial charge in [0.25, 0.3) is 0 Å². The molecular formula is C12H11IN2O2. The van der Waals surface area contributed by atoms with Crippen LogP contribution in [0.25, 0.3) is 0 Å². The number of benzene rings is 1. The monoisotopic (exact) mass is 342 g/mol. The highest BCUT2D eigenvalue weighted by molar-refractivity contribution is 14.1. The van der Waals surface area contributed by atoms with Crippen molar-refractivity contribution in [1.29, 1.82) is 0 Å². The van der Waals surface area contributed by atoms with Crippen LogP contribution in [0.1, 0.15) is 5.76 Å². The van der Waals surface area contributed by atoms with Crippen molar-refractivity contribution in [2.75, 3.05) is 5.32 Å². The van der Waals surface area contributed by atoms with Gasteiger partial charge in [0.2, 0.25) is 0 Å². The van der Waals surface area contributed by atoms with Crippen molar-refractivity contribution in [3.63, 3.8) is 0 Å². The van der Waals surface area contributed by atoms with Crippen molar-refractivity contribution < 1.29 is 9.21 Å². The zero-order valence-electron chi connectivity index (χ0n) is 8.94. The maximum absolute atomic E-state index is 11.6. The van der Waals surface area contributed by atoms with Gasteiger partial charge in [-0.15, -0.1) is 0 Å². The molecule has 0 atom stereocenters. The van der Waals surface area contributed by atoms with Crippen molar-refractivity contribution in [1.82, 2.24) is 5.32 Å². The molecule has 0 spiro atoms. The SMILES string of the molecule is O=C(NCc1ccco1)Nc1ccccc1I. The maximum atomic E-state index is 11.6. The lowest BCUT2D eigenvalue weighted by Gasteiger charge is -2.07. The number of hydrogen-bond acceptors (Lipinski definition) is 2. The molecule has 17 heavy (non-hydrogen) atoms. The Morgan fingerprint density at radius 1 is 1.24 bits per heavy atom. The van der Waals surface area contributed by atoms with E-state index in [9.17, 15) is 4.79 Å². The molecule has 1 heterocycles. The first-order chi connectivity index (χ1) is 8.25. The summed E-state index contributed by atoms with van der Waals surface area (Å²) in [5, 5.41) is 5.49. The zero-order valence-corrected chi connectivity index (χ0v) is 11.1. The van der Waals surface area contributed by atoms with Gasteiger partial charge >= 0.3 is 6.03 Å². The van der Waals surface area contributed by atoms with Crippen LogP contribution in [0.2, 0.25) is 0 Å². The Kier molecular flexibility index (Phi) is 4.03. The third-order valence-corrected chi connectivity index (χ3v) is 3.07. The summed E-state index contributed by atoms with van der Waals surface area (Å²) in [5.74, 6) is 0.725. The summed E-state index contributed by atoms with van der Waals surface area (Å²) < 4.78 is 6.11. The molecule has 1 aromatic carbocycles. The van der Waals surface area contributed by atoms with Crippen LogP contribution < -0.4 is 10.6 Å². The van der Waals surface area contributed by atoms with E-state index in [2.05, 4.69) is 33.2 Å². The summed E-state index contributed by atoms with van der Waals surface area (Å²) in [6.45, 7) is 0.377. The van der Waals surface area contributed by atoms with Crippen LogP contribution in [0.3, 0.4) is 0 Å². The van der Waals surface area contributed by atoms with Crippen LogP contribution in [0, 0.1) is 3.57 Å². The van der Waals surface area contributed by atoms with Gasteiger partial charge in [0.1, 0.15) is 5.76 Å². The minimum Gasteiger partial charge on any atom is -0.467 e. The third-order valence-electron chi connectivity index (χ3n) is 2.13. The van der Waals surface area contributed by atoms with Crippen LogP contribution in [-0.4, -0.2) is 6.03 Å². The highest BCUT2D eigenvalue weighted by Gasteiger charge is 2.04. The molecule has 0 saturated heterocycles. The van der Waals surface area contributed by atoms with E-state index in [0.29, 0.717) is 6.54 Å². The number of anilines is 1. The highest BCUT2D eigenvalue weighted by Crippen LogP contribution is 2.16. The van der Waals surface area contributed by atoms with Crippen molar-refractivity contribution in [2.45, 2.75) is 6.54 Å². The van der Waals surface area contributed by atoms with Crippen molar-refractivity contribution in [2.24, 2.45) is 0 Å². The predicted octanol–water partition coefficient (Wildman–Crippen LogP) is 3.21. The normalized spacial score (nSPS) is 9.94. The Morgan fingerprint density at radius 3 is 2.76 bits per heavy atom. The number of furan rings is 1. The van der Waals surface area contributed by atoms with Gasteiger partial charge < -0.3 is 15.1 Å². The summed E-state index contributed by atoms with van der Waals surface area (Å²) >= 11 is 2.17. The van der Waals surface area contributed by atoms with Crippen molar-refractivity contribution >= 4 is 34.3 Å². The molecule has 0 fully saturated rings. The predicted molar refractivity (Wildman–Crippen MR) is 73.7 cm³/mol. The van der Waals surface area contributed by atoms with Gasteiger partial charge in [-0.2, -0.15) is 0 Å². The van der Waals surface area contributed by atoms with E-state index in [1.54, 1.807) is 12.3 Å². The number of carbonyl (C=O) groups excluding carboxylic acids is 1. The first-order valence-electron chi connectivity index (χ1n) is 5.07. The number of carbonyl (C=O) groups is 1. The lowest BCUT2D eigenvalue weighted by Crippen LogP contribution is -2.28. The lowest BCUT2D eigenvalue weighted by molar-refractivity contribution is 0.251. The summed E-state index contributed by atoms with van der Waals surface area (Å²) in [4.78, 5) is 11.6. The molecule has 0 unspecified atom stereocenters. The molecule has 0 aliphatic rings. The average molecular weight is 342 g/mol. The van der Waals surface area contributed by atoms with E-state index < -0.39 is 0 Å². The number of urea groups is 1. The van der Waals surface area contributed by atoms with E-state index in [4.69, 9.17) is 4.42 Å². The molecule has 2 N–H and O–H groups in total. The fourth-order valence-electron chi connectivity index (χ4n) is 1.31. The number of hydrogen-bond donors (Lipinski definition) is 2. The molecule has 0 aliphatic carbocycles. The Bertz CT molecular complexity index is 497. The van der Waals surface area contributed by atoms with Crippen molar-refractivity contribution in [3.8, 4) is 0 Å². The molecule has 1 aromatic heterocycles. The van der Waals surface area contributed by atoms with Gasteiger partial charge in [0.05, 0.1) is 18.5 Å². The zero-order chi connectivity index (χ0) is 12.1. The lowest BCUT2D eigenvalue weighted by atomic mass is 10.3. The average Bonchev–Trinajstić information content (AvgIpc) is 2.82. The van der Waals surface area contributed by atoms with E-state index in [0.717, 1.165) is 15.0 Å². The van der Waals surface area contributed by atoms with Crippen LogP contribution in [0.5, 0.6) is 0 Å². The second-order valence-electron chi connectivity index (χ2n) is 3.37. The summed E-state index contributed by atoms with van der Waals surface area (Å²) in [7, 11) is 0. The topological polar surface area (TPSA) is 54.3 Å². The molecule has 88 valence electrons. The van der Waals surface area contributed by atoms with E-state index in [1.807, 2.05) is 30.3 Å². The van der Waals surface area contributed by atoms with E-state index in [1.165, 1.54) is 0 Å². The number of amides is 2. The molecule has 0 bridgehead atoms. The van der Waals surface area contributed by atoms with Crippen molar-refractivity contribution in [3.05, 3.63) is 52.0 Å². The molecule has 2 amide bonds. The highest BCUT2D eigenvalue weighted by atomic mass is 127. The summed E-state index contributed by atoms with van der Waals surface area (Å²) in [6, 6.07) is 10.9.